The molecule has 2 rings (SSSR count). The first-order valence-electron chi connectivity index (χ1n) is 6.30. The number of hydrogen-bond donors (Lipinski definition) is 1. The van der Waals surface area contributed by atoms with Crippen LogP contribution in [0.1, 0.15) is 16.1 Å². The van der Waals surface area contributed by atoms with E-state index in [-0.39, 0.29) is 5.91 Å². The van der Waals surface area contributed by atoms with Crippen molar-refractivity contribution in [2.45, 2.75) is 0 Å². The lowest BCUT2D eigenvalue weighted by molar-refractivity contribution is 0.0948. The van der Waals surface area contributed by atoms with Gasteiger partial charge in [0.25, 0.3) is 5.91 Å². The van der Waals surface area contributed by atoms with E-state index in [2.05, 4.69) is 15.6 Å². The molecule has 0 bridgehead atoms. The van der Waals surface area contributed by atoms with Crippen LogP contribution in [-0.4, -0.2) is 36.1 Å². The number of nitrogens with zero attached hydrogens (tertiary/aromatic N) is 3. The van der Waals surface area contributed by atoms with E-state index in [1.54, 1.807) is 38.2 Å². The fourth-order valence-corrected chi connectivity index (χ4v) is 2.60. The summed E-state index contributed by atoms with van der Waals surface area (Å²) in [5, 5.41) is 8.02. The Balaban J connectivity index is 2.13. The Hall–Kier alpha value is -2.10. The molecule has 1 N–H and O–H groups in total. The molecule has 0 aliphatic heterocycles. The Labute approximate surface area is 141 Å². The summed E-state index contributed by atoms with van der Waals surface area (Å²) in [4.78, 5) is 12.0. The number of carbonyl (C=O) groups excluding carboxylic acids is 1. The predicted octanol–water partition coefficient (Wildman–Crippen LogP) is 1.81. The molecule has 22 heavy (non-hydrogen) atoms. The molecule has 1 heterocycles. The van der Waals surface area contributed by atoms with Gasteiger partial charge in [-0.3, -0.25) is 9.48 Å². The van der Waals surface area contributed by atoms with Gasteiger partial charge in [-0.05, 0) is 34.7 Å². The quantitative estimate of drug-likeness (QED) is 0.460. The second-order valence-corrected chi connectivity index (χ2v) is 5.44. The van der Waals surface area contributed by atoms with Crippen molar-refractivity contribution in [1.29, 1.82) is 0 Å². The Kier molecular flexibility index (Phi) is 5.36. The van der Waals surface area contributed by atoms with Crippen molar-refractivity contribution in [3.63, 3.8) is 0 Å². The van der Waals surface area contributed by atoms with Crippen LogP contribution in [0, 0.1) is 3.57 Å². The maximum atomic E-state index is 12.0. The molecule has 1 aromatic carbocycles. The molecular weight excluding hydrogens is 399 g/mol. The molecule has 116 valence electrons. The SMILES string of the molecule is COc1cccc(/C=N/NC(=O)c2nn(C)cc2I)c1OC. The molecule has 0 unspecified atom stereocenters. The fourth-order valence-electron chi connectivity index (χ4n) is 1.84. The number of para-hydroxylation sites is 1. The minimum atomic E-state index is -0.372. The summed E-state index contributed by atoms with van der Waals surface area (Å²) in [6, 6.07) is 5.40. The van der Waals surface area contributed by atoms with Crippen LogP contribution in [-0.2, 0) is 7.05 Å². The molecule has 0 aliphatic rings. The maximum Gasteiger partial charge on any atom is 0.292 e. The van der Waals surface area contributed by atoms with Gasteiger partial charge < -0.3 is 9.47 Å². The molecule has 8 heteroatoms. The van der Waals surface area contributed by atoms with E-state index in [9.17, 15) is 4.79 Å². The Morgan fingerprint density at radius 2 is 2.18 bits per heavy atom. The maximum absolute atomic E-state index is 12.0. The number of hydrogen-bond acceptors (Lipinski definition) is 5. The molecule has 0 radical (unpaired) electrons. The Morgan fingerprint density at radius 1 is 1.41 bits per heavy atom. The molecule has 0 aliphatic carbocycles. The summed E-state index contributed by atoms with van der Waals surface area (Å²) in [6.07, 6.45) is 3.25. The lowest BCUT2D eigenvalue weighted by Gasteiger charge is -2.09. The standard InChI is InChI=1S/C14H15IN4O3/c1-19-8-10(15)12(18-19)14(20)17-16-7-9-5-4-6-11(21-2)13(9)22-3/h4-8H,1-3H3,(H,17,20)/b16-7+. The largest absolute Gasteiger partial charge is 0.493 e. The zero-order valence-corrected chi connectivity index (χ0v) is 14.5. The van der Waals surface area contributed by atoms with E-state index in [1.165, 1.54) is 6.21 Å². The third-order valence-electron chi connectivity index (χ3n) is 2.80. The fraction of sp³-hybridized carbons (Fsp3) is 0.214. The number of rotatable bonds is 5. The number of aromatic nitrogens is 2. The van der Waals surface area contributed by atoms with Gasteiger partial charge in [0.15, 0.2) is 17.2 Å². The third kappa shape index (κ3) is 3.56. The summed E-state index contributed by atoms with van der Waals surface area (Å²) < 4.78 is 12.8. The van der Waals surface area contributed by atoms with Gasteiger partial charge >= 0.3 is 0 Å². The monoisotopic (exact) mass is 414 g/mol. The van der Waals surface area contributed by atoms with Gasteiger partial charge in [-0.1, -0.05) is 6.07 Å². The van der Waals surface area contributed by atoms with Gasteiger partial charge in [0.2, 0.25) is 0 Å². The zero-order valence-electron chi connectivity index (χ0n) is 12.3. The van der Waals surface area contributed by atoms with Gasteiger partial charge in [0.1, 0.15) is 0 Å². The average molecular weight is 414 g/mol. The highest BCUT2D eigenvalue weighted by molar-refractivity contribution is 14.1. The minimum Gasteiger partial charge on any atom is -0.493 e. The van der Waals surface area contributed by atoms with E-state index in [1.807, 2.05) is 34.7 Å². The lowest BCUT2D eigenvalue weighted by Crippen LogP contribution is -2.19. The van der Waals surface area contributed by atoms with Crippen LogP contribution in [0.2, 0.25) is 0 Å². The van der Waals surface area contributed by atoms with Crippen LogP contribution in [0.4, 0.5) is 0 Å². The van der Waals surface area contributed by atoms with Crippen molar-refractivity contribution < 1.29 is 14.3 Å². The number of methoxy groups -OCH3 is 2. The Bertz CT molecular complexity index is 712. The van der Waals surface area contributed by atoms with Gasteiger partial charge in [0, 0.05) is 18.8 Å². The van der Waals surface area contributed by atoms with E-state index in [0.29, 0.717) is 22.8 Å². The summed E-state index contributed by atoms with van der Waals surface area (Å²) >= 11 is 2.05. The summed E-state index contributed by atoms with van der Waals surface area (Å²) in [5.74, 6) is 0.774. The first kappa shape index (κ1) is 16.3. The van der Waals surface area contributed by atoms with Crippen molar-refractivity contribution in [2.75, 3.05) is 14.2 Å². The average Bonchev–Trinajstić information content (AvgIpc) is 2.85. The van der Waals surface area contributed by atoms with Crippen LogP contribution in [0.3, 0.4) is 0 Å². The molecule has 0 spiro atoms. The number of halogens is 1. The summed E-state index contributed by atoms with van der Waals surface area (Å²) in [7, 11) is 4.86. The molecular formula is C14H15IN4O3. The minimum absolute atomic E-state index is 0.331. The van der Waals surface area contributed by atoms with Crippen LogP contribution in [0.25, 0.3) is 0 Å². The van der Waals surface area contributed by atoms with Crippen LogP contribution in [0.5, 0.6) is 11.5 Å². The summed E-state index contributed by atoms with van der Waals surface area (Å²) in [6.45, 7) is 0. The van der Waals surface area contributed by atoms with Crippen molar-refractivity contribution in [3.05, 3.63) is 39.2 Å². The van der Waals surface area contributed by atoms with E-state index < -0.39 is 0 Å². The molecule has 2 aromatic rings. The number of amides is 1. The van der Waals surface area contributed by atoms with Crippen molar-refractivity contribution in [2.24, 2.45) is 12.1 Å². The second-order valence-electron chi connectivity index (χ2n) is 4.28. The van der Waals surface area contributed by atoms with Gasteiger partial charge in [0.05, 0.1) is 24.0 Å². The molecule has 1 amide bonds. The number of benzene rings is 1. The van der Waals surface area contributed by atoms with Crippen LogP contribution in [0.15, 0.2) is 29.5 Å². The second kappa shape index (κ2) is 7.25. The van der Waals surface area contributed by atoms with Crippen LogP contribution < -0.4 is 14.9 Å². The molecule has 0 fully saturated rings. The summed E-state index contributed by atoms with van der Waals surface area (Å²) in [5.41, 5.74) is 3.47. The molecule has 0 atom stereocenters. The number of carbonyl (C=O) groups is 1. The van der Waals surface area contributed by atoms with Crippen LogP contribution >= 0.6 is 22.6 Å². The number of nitrogens with one attached hydrogen (secondary N) is 1. The lowest BCUT2D eigenvalue weighted by atomic mass is 10.2. The number of aryl methyl sites for hydroxylation is 1. The van der Waals surface area contributed by atoms with Crippen molar-refractivity contribution >= 4 is 34.7 Å². The first-order valence-corrected chi connectivity index (χ1v) is 7.38. The smallest absolute Gasteiger partial charge is 0.292 e. The van der Waals surface area contributed by atoms with E-state index in [4.69, 9.17) is 9.47 Å². The highest BCUT2D eigenvalue weighted by atomic mass is 127. The van der Waals surface area contributed by atoms with Crippen molar-refractivity contribution in [3.8, 4) is 11.5 Å². The molecule has 7 nitrogen and oxygen atoms in total. The number of ether oxygens (including phenoxy) is 2. The highest BCUT2D eigenvalue weighted by Gasteiger charge is 2.13. The zero-order chi connectivity index (χ0) is 16.1. The third-order valence-corrected chi connectivity index (χ3v) is 3.59. The number of hydrazone groups is 1. The Morgan fingerprint density at radius 3 is 2.77 bits per heavy atom. The molecule has 0 saturated heterocycles. The van der Waals surface area contributed by atoms with Gasteiger partial charge in [-0.15, -0.1) is 0 Å². The first-order chi connectivity index (χ1) is 10.6. The van der Waals surface area contributed by atoms with E-state index >= 15 is 0 Å². The molecule has 0 saturated carbocycles. The topological polar surface area (TPSA) is 77.7 Å². The normalized spacial score (nSPS) is 10.7. The van der Waals surface area contributed by atoms with E-state index in [0.717, 1.165) is 3.57 Å². The van der Waals surface area contributed by atoms with Crippen molar-refractivity contribution in [1.82, 2.24) is 15.2 Å². The van der Waals surface area contributed by atoms with Gasteiger partial charge in [-0.2, -0.15) is 10.2 Å². The highest BCUT2D eigenvalue weighted by Crippen LogP contribution is 2.29. The predicted molar refractivity (Wildman–Crippen MR) is 90.5 cm³/mol. The van der Waals surface area contributed by atoms with Gasteiger partial charge in [-0.25, -0.2) is 5.43 Å². The molecule has 1 aromatic heterocycles.